The van der Waals surface area contributed by atoms with Gasteiger partial charge in [0.1, 0.15) is 18.1 Å². The van der Waals surface area contributed by atoms with E-state index in [4.69, 9.17) is 9.47 Å². The van der Waals surface area contributed by atoms with Crippen LogP contribution in [0.4, 0.5) is 0 Å². The van der Waals surface area contributed by atoms with Gasteiger partial charge in [0, 0.05) is 24.3 Å². The first-order valence-electron chi connectivity index (χ1n) is 5.62. The summed E-state index contributed by atoms with van der Waals surface area (Å²) in [7, 11) is 0. The number of ether oxygens (including phenoxy) is 2. The average Bonchev–Trinajstić information content (AvgIpc) is 2.89. The van der Waals surface area contributed by atoms with Gasteiger partial charge in [-0.25, -0.2) is 0 Å². The van der Waals surface area contributed by atoms with Gasteiger partial charge in [0.25, 0.3) is 0 Å². The molecule has 2 unspecified atom stereocenters. The topological polar surface area (TPSA) is 50.7 Å². The predicted molar refractivity (Wildman–Crippen MR) is 58.7 cm³/mol. The molecule has 2 aliphatic rings. The summed E-state index contributed by atoms with van der Waals surface area (Å²) in [5.74, 6) is 1.04. The summed E-state index contributed by atoms with van der Waals surface area (Å²) < 4.78 is 10.9. The maximum atomic E-state index is 9.35. The molecule has 0 saturated carbocycles. The Balaban J connectivity index is 1.75. The number of hydrogen-bond acceptors (Lipinski definition) is 4. The van der Waals surface area contributed by atoms with Crippen LogP contribution in [0.5, 0.6) is 11.5 Å². The van der Waals surface area contributed by atoms with Crippen molar-refractivity contribution in [3.8, 4) is 11.5 Å². The molecule has 4 heteroatoms. The van der Waals surface area contributed by atoms with Gasteiger partial charge in [0.2, 0.25) is 0 Å². The third-order valence-electron chi connectivity index (χ3n) is 3.14. The molecule has 2 heterocycles. The number of fused-ring (bicyclic) bond motifs is 1. The molecular formula is C12H15NO3. The number of benzene rings is 1. The highest BCUT2D eigenvalue weighted by atomic mass is 16.5. The third-order valence-corrected chi connectivity index (χ3v) is 3.14. The zero-order valence-electron chi connectivity index (χ0n) is 8.98. The van der Waals surface area contributed by atoms with E-state index in [1.165, 1.54) is 0 Å². The summed E-state index contributed by atoms with van der Waals surface area (Å²) in [6, 6.07) is 5.94. The van der Waals surface area contributed by atoms with Crippen LogP contribution in [0.2, 0.25) is 0 Å². The van der Waals surface area contributed by atoms with Crippen molar-refractivity contribution < 1.29 is 14.6 Å². The number of aromatic hydroxyl groups is 1. The van der Waals surface area contributed by atoms with Crippen molar-refractivity contribution in [2.24, 2.45) is 0 Å². The minimum atomic E-state index is 0.224. The molecule has 1 aromatic rings. The molecule has 0 aromatic heterocycles. The number of rotatable bonds is 2. The van der Waals surface area contributed by atoms with Crippen molar-refractivity contribution in [1.29, 1.82) is 0 Å². The summed E-state index contributed by atoms with van der Waals surface area (Å²) in [6.45, 7) is 2.26. The Morgan fingerprint density at radius 1 is 1.31 bits per heavy atom. The predicted octanol–water partition coefficient (Wildman–Crippen LogP) is 1.20. The summed E-state index contributed by atoms with van der Waals surface area (Å²) in [5.41, 5.74) is 1.13. The van der Waals surface area contributed by atoms with Crippen LogP contribution >= 0.6 is 0 Å². The first-order valence-corrected chi connectivity index (χ1v) is 5.62. The molecular weight excluding hydrogens is 206 g/mol. The fourth-order valence-electron chi connectivity index (χ4n) is 2.29. The van der Waals surface area contributed by atoms with E-state index in [-0.39, 0.29) is 11.8 Å². The maximum absolute atomic E-state index is 9.35. The Morgan fingerprint density at radius 3 is 3.06 bits per heavy atom. The van der Waals surface area contributed by atoms with Gasteiger partial charge in [-0.15, -0.1) is 0 Å². The van der Waals surface area contributed by atoms with Gasteiger partial charge in [-0.3, -0.25) is 0 Å². The van der Waals surface area contributed by atoms with E-state index >= 15 is 0 Å². The number of hydrogen-bond donors (Lipinski definition) is 2. The second-order valence-corrected chi connectivity index (χ2v) is 4.31. The van der Waals surface area contributed by atoms with Gasteiger partial charge in [-0.05, 0) is 18.6 Å². The average molecular weight is 221 g/mol. The molecule has 1 fully saturated rings. The Morgan fingerprint density at radius 2 is 2.25 bits per heavy atom. The van der Waals surface area contributed by atoms with Gasteiger partial charge in [-0.2, -0.15) is 0 Å². The van der Waals surface area contributed by atoms with Crippen LogP contribution in [-0.2, 0) is 4.74 Å². The molecule has 0 spiro atoms. The quantitative estimate of drug-likeness (QED) is 0.788. The van der Waals surface area contributed by atoms with E-state index < -0.39 is 0 Å². The molecule has 0 aliphatic carbocycles. The number of phenols is 1. The van der Waals surface area contributed by atoms with E-state index in [9.17, 15) is 5.11 Å². The lowest BCUT2D eigenvalue weighted by atomic mass is 10.1. The summed E-state index contributed by atoms with van der Waals surface area (Å²) in [6.07, 6.45) is 1.06. The molecule has 3 rings (SSSR count). The molecule has 2 N–H and O–H groups in total. The Bertz CT molecular complexity index is 388. The molecule has 1 aromatic carbocycles. The minimum absolute atomic E-state index is 0.224. The van der Waals surface area contributed by atoms with E-state index in [1.807, 2.05) is 6.07 Å². The molecule has 0 radical (unpaired) electrons. The van der Waals surface area contributed by atoms with Crippen LogP contribution in [0.25, 0.3) is 0 Å². The first-order chi connectivity index (χ1) is 7.83. The molecule has 4 nitrogen and oxygen atoms in total. The van der Waals surface area contributed by atoms with Crippen LogP contribution in [0.15, 0.2) is 18.2 Å². The lowest BCUT2D eigenvalue weighted by molar-refractivity contribution is 0.186. The Labute approximate surface area is 94.2 Å². The fourth-order valence-corrected chi connectivity index (χ4v) is 2.29. The highest BCUT2D eigenvalue weighted by Gasteiger charge is 2.27. The summed E-state index contributed by atoms with van der Waals surface area (Å²) >= 11 is 0. The van der Waals surface area contributed by atoms with Crippen LogP contribution in [-0.4, -0.2) is 31.0 Å². The molecule has 16 heavy (non-hydrogen) atoms. The standard InChI is InChI=1S/C12H15NO3/c14-9-1-2-10-11(7-16-12(10)5-9)13-8-3-4-15-6-8/h1-2,5,8,11,13-14H,3-4,6-7H2. The van der Waals surface area contributed by atoms with Crippen molar-refractivity contribution in [1.82, 2.24) is 5.32 Å². The second kappa shape index (κ2) is 3.96. The zero-order chi connectivity index (χ0) is 11.0. The summed E-state index contributed by atoms with van der Waals surface area (Å²) in [5, 5.41) is 12.9. The zero-order valence-corrected chi connectivity index (χ0v) is 8.98. The molecule has 0 bridgehead atoms. The summed E-state index contributed by atoms with van der Waals surface area (Å²) in [4.78, 5) is 0. The van der Waals surface area contributed by atoms with Gasteiger partial charge in [0.15, 0.2) is 0 Å². The van der Waals surface area contributed by atoms with Gasteiger partial charge < -0.3 is 19.9 Å². The third kappa shape index (κ3) is 1.74. The Kier molecular flexibility index (Phi) is 2.46. The van der Waals surface area contributed by atoms with E-state index in [2.05, 4.69) is 5.32 Å². The van der Waals surface area contributed by atoms with Crippen molar-refractivity contribution in [2.75, 3.05) is 19.8 Å². The van der Waals surface area contributed by atoms with E-state index in [0.717, 1.165) is 30.9 Å². The molecule has 2 atom stereocenters. The van der Waals surface area contributed by atoms with E-state index in [1.54, 1.807) is 12.1 Å². The van der Waals surface area contributed by atoms with Crippen molar-refractivity contribution in [2.45, 2.75) is 18.5 Å². The van der Waals surface area contributed by atoms with Crippen LogP contribution < -0.4 is 10.1 Å². The smallest absolute Gasteiger partial charge is 0.127 e. The van der Waals surface area contributed by atoms with E-state index in [0.29, 0.717) is 12.6 Å². The van der Waals surface area contributed by atoms with Crippen LogP contribution in [0, 0.1) is 0 Å². The maximum Gasteiger partial charge on any atom is 0.127 e. The molecule has 0 amide bonds. The second-order valence-electron chi connectivity index (χ2n) is 4.31. The van der Waals surface area contributed by atoms with Gasteiger partial charge in [-0.1, -0.05) is 0 Å². The highest BCUT2D eigenvalue weighted by Crippen LogP contribution is 2.35. The van der Waals surface area contributed by atoms with Crippen molar-refractivity contribution >= 4 is 0 Å². The van der Waals surface area contributed by atoms with Gasteiger partial charge in [0.05, 0.1) is 12.6 Å². The lowest BCUT2D eigenvalue weighted by Gasteiger charge is -2.16. The van der Waals surface area contributed by atoms with Gasteiger partial charge >= 0.3 is 0 Å². The molecule has 86 valence electrons. The van der Waals surface area contributed by atoms with Crippen LogP contribution in [0.1, 0.15) is 18.0 Å². The number of phenolic OH excluding ortho intramolecular Hbond substituents is 1. The first kappa shape index (κ1) is 9.93. The van der Waals surface area contributed by atoms with Crippen molar-refractivity contribution in [3.63, 3.8) is 0 Å². The lowest BCUT2D eigenvalue weighted by Crippen LogP contribution is -2.33. The minimum Gasteiger partial charge on any atom is -0.508 e. The normalized spacial score (nSPS) is 27.8. The SMILES string of the molecule is Oc1ccc2c(c1)OCC2NC1CCOC1. The van der Waals surface area contributed by atoms with Crippen molar-refractivity contribution in [3.05, 3.63) is 23.8 Å². The number of nitrogens with one attached hydrogen (secondary N) is 1. The fraction of sp³-hybridized carbons (Fsp3) is 0.500. The monoisotopic (exact) mass is 221 g/mol. The largest absolute Gasteiger partial charge is 0.508 e. The Hall–Kier alpha value is -1.26. The highest BCUT2D eigenvalue weighted by molar-refractivity contribution is 5.44. The molecule has 1 saturated heterocycles. The molecule has 2 aliphatic heterocycles. The van der Waals surface area contributed by atoms with Crippen LogP contribution in [0.3, 0.4) is 0 Å².